The molecule has 8 heteroatoms. The number of hydrazine groups is 1. The van der Waals surface area contributed by atoms with Crippen LogP contribution in [0.5, 0.6) is 0 Å². The Kier molecular flexibility index (Phi) is 4.49. The molecule has 1 amide bonds. The zero-order valence-electron chi connectivity index (χ0n) is 14.0. The van der Waals surface area contributed by atoms with Gasteiger partial charge in [-0.15, -0.1) is 0 Å². The van der Waals surface area contributed by atoms with E-state index >= 15 is 0 Å². The maximum atomic E-state index is 12.4. The van der Waals surface area contributed by atoms with Crippen LogP contribution >= 0.6 is 11.3 Å². The van der Waals surface area contributed by atoms with E-state index in [-0.39, 0.29) is 10.5 Å². The fraction of sp³-hybridized carbons (Fsp3) is 0.176. The van der Waals surface area contributed by atoms with Gasteiger partial charge in [0, 0.05) is 6.26 Å². The van der Waals surface area contributed by atoms with E-state index in [1.165, 1.54) is 23.5 Å². The van der Waals surface area contributed by atoms with Gasteiger partial charge in [-0.25, -0.2) is 13.4 Å². The highest BCUT2D eigenvalue weighted by Crippen LogP contribution is 2.29. The quantitative estimate of drug-likeness (QED) is 0.684. The molecule has 0 fully saturated rings. The number of carbonyl (C=O) groups is 1. The maximum absolute atomic E-state index is 12.4. The molecule has 130 valence electrons. The molecule has 0 atom stereocenters. The second-order valence-corrected chi connectivity index (χ2v) is 8.81. The summed E-state index contributed by atoms with van der Waals surface area (Å²) in [7, 11) is -3.49. The third-order valence-corrected chi connectivity index (χ3v) is 5.72. The van der Waals surface area contributed by atoms with E-state index in [0.717, 1.165) is 27.6 Å². The van der Waals surface area contributed by atoms with Gasteiger partial charge in [-0.1, -0.05) is 29.5 Å². The minimum absolute atomic E-state index is 0.00920. The summed E-state index contributed by atoms with van der Waals surface area (Å²) in [4.78, 5) is 16.8. The Bertz CT molecular complexity index is 1070. The lowest BCUT2D eigenvalue weighted by molar-refractivity contribution is 0.0959. The predicted octanol–water partition coefficient (Wildman–Crippen LogP) is 3.07. The molecule has 0 unspecified atom stereocenters. The largest absolute Gasteiger partial charge is 0.273 e. The topological polar surface area (TPSA) is 88.2 Å². The zero-order chi connectivity index (χ0) is 18.2. The second-order valence-electron chi connectivity index (χ2n) is 5.80. The number of rotatable bonds is 4. The fourth-order valence-electron chi connectivity index (χ4n) is 2.58. The van der Waals surface area contributed by atoms with Crippen LogP contribution in [0.3, 0.4) is 0 Å². The number of fused-ring (bicyclic) bond motifs is 1. The van der Waals surface area contributed by atoms with Crippen LogP contribution in [-0.2, 0) is 9.84 Å². The molecule has 0 spiro atoms. The van der Waals surface area contributed by atoms with E-state index in [1.54, 1.807) is 12.1 Å². The summed E-state index contributed by atoms with van der Waals surface area (Å²) < 4.78 is 24.6. The smallest absolute Gasteiger partial charge is 0.270 e. The average molecular weight is 375 g/mol. The van der Waals surface area contributed by atoms with Crippen molar-refractivity contribution in [3.63, 3.8) is 0 Å². The number of benzene rings is 2. The molecule has 1 heterocycles. The van der Waals surface area contributed by atoms with Gasteiger partial charge >= 0.3 is 0 Å². The molecular weight excluding hydrogens is 358 g/mol. The Morgan fingerprint density at radius 2 is 1.88 bits per heavy atom. The second kappa shape index (κ2) is 6.45. The summed E-state index contributed by atoms with van der Waals surface area (Å²) in [5.74, 6) is -0.534. The first kappa shape index (κ1) is 17.4. The Morgan fingerprint density at radius 1 is 1.16 bits per heavy atom. The summed E-state index contributed by atoms with van der Waals surface area (Å²) >= 11 is 1.42. The molecular formula is C17H17N3O3S2. The number of hydrogen-bond acceptors (Lipinski definition) is 6. The molecule has 0 aliphatic rings. The number of sulfone groups is 1. The lowest BCUT2D eigenvalue weighted by atomic mass is 10.1. The molecule has 0 aliphatic heterocycles. The molecule has 0 saturated carbocycles. The highest BCUT2D eigenvalue weighted by Gasteiger charge is 2.18. The van der Waals surface area contributed by atoms with Crippen LogP contribution in [0.25, 0.3) is 10.2 Å². The summed E-state index contributed by atoms with van der Waals surface area (Å²) in [6, 6.07) is 10.2. The first-order valence-corrected chi connectivity index (χ1v) is 10.2. The van der Waals surface area contributed by atoms with E-state index in [1.807, 2.05) is 26.0 Å². The molecule has 25 heavy (non-hydrogen) atoms. The SMILES string of the molecule is Cc1cc(C)c2nc(NNC(=O)c3ccccc3S(C)(=O)=O)sc2c1. The molecule has 0 radical (unpaired) electrons. The van der Waals surface area contributed by atoms with Gasteiger partial charge in [0.25, 0.3) is 5.91 Å². The van der Waals surface area contributed by atoms with Crippen LogP contribution < -0.4 is 10.9 Å². The number of aryl methyl sites for hydroxylation is 2. The normalized spacial score (nSPS) is 11.5. The standard InChI is InChI=1S/C17H17N3O3S2/c1-10-8-11(2)15-13(9-10)24-17(18-15)20-19-16(21)12-6-4-5-7-14(12)25(3,22)23/h4-9H,1-3H3,(H,18,20)(H,19,21). The van der Waals surface area contributed by atoms with E-state index in [2.05, 4.69) is 15.8 Å². The van der Waals surface area contributed by atoms with Crippen molar-refractivity contribution in [2.75, 3.05) is 11.7 Å². The average Bonchev–Trinajstić information content (AvgIpc) is 2.95. The van der Waals surface area contributed by atoms with Crippen molar-refractivity contribution >= 4 is 42.4 Å². The van der Waals surface area contributed by atoms with Gasteiger partial charge in [0.15, 0.2) is 9.84 Å². The molecule has 3 rings (SSSR count). The number of aromatic nitrogens is 1. The highest BCUT2D eigenvalue weighted by molar-refractivity contribution is 7.90. The first-order valence-electron chi connectivity index (χ1n) is 7.49. The maximum Gasteiger partial charge on any atom is 0.270 e. The summed E-state index contributed by atoms with van der Waals surface area (Å²) in [6.45, 7) is 4.00. The molecule has 0 aliphatic carbocycles. The van der Waals surface area contributed by atoms with Crippen LogP contribution in [0.15, 0.2) is 41.3 Å². The van der Waals surface area contributed by atoms with Crippen molar-refractivity contribution in [3.8, 4) is 0 Å². The van der Waals surface area contributed by atoms with Crippen LogP contribution in [0.2, 0.25) is 0 Å². The number of carbonyl (C=O) groups excluding carboxylic acids is 1. The summed E-state index contributed by atoms with van der Waals surface area (Å²) in [6.07, 6.45) is 1.07. The van der Waals surface area contributed by atoms with Crippen molar-refractivity contribution in [1.29, 1.82) is 0 Å². The minimum atomic E-state index is -3.49. The molecule has 0 saturated heterocycles. The number of nitrogens with one attached hydrogen (secondary N) is 2. The van der Waals surface area contributed by atoms with E-state index < -0.39 is 15.7 Å². The van der Waals surface area contributed by atoms with Crippen molar-refractivity contribution in [2.45, 2.75) is 18.7 Å². The van der Waals surface area contributed by atoms with Gasteiger partial charge in [-0.2, -0.15) is 0 Å². The van der Waals surface area contributed by atoms with Crippen molar-refractivity contribution in [3.05, 3.63) is 53.1 Å². The first-order chi connectivity index (χ1) is 11.8. The van der Waals surface area contributed by atoms with Gasteiger partial charge < -0.3 is 0 Å². The number of anilines is 1. The molecule has 0 bridgehead atoms. The van der Waals surface area contributed by atoms with Gasteiger partial charge in [0.05, 0.1) is 20.7 Å². The Balaban J connectivity index is 1.83. The molecule has 2 N–H and O–H groups in total. The Labute approximate surface area is 149 Å². The van der Waals surface area contributed by atoms with Crippen LogP contribution in [0.1, 0.15) is 21.5 Å². The highest BCUT2D eigenvalue weighted by atomic mass is 32.2. The van der Waals surface area contributed by atoms with Gasteiger partial charge in [0.1, 0.15) is 0 Å². The van der Waals surface area contributed by atoms with Crippen LogP contribution in [-0.4, -0.2) is 25.6 Å². The third-order valence-electron chi connectivity index (χ3n) is 3.64. The lowest BCUT2D eigenvalue weighted by Gasteiger charge is -2.09. The van der Waals surface area contributed by atoms with Crippen LogP contribution in [0, 0.1) is 13.8 Å². The summed E-state index contributed by atoms with van der Waals surface area (Å²) in [5.41, 5.74) is 8.46. The monoisotopic (exact) mass is 375 g/mol. The number of amides is 1. The van der Waals surface area contributed by atoms with Gasteiger partial charge in [-0.05, 0) is 43.2 Å². The van der Waals surface area contributed by atoms with Crippen molar-refractivity contribution < 1.29 is 13.2 Å². The predicted molar refractivity (Wildman–Crippen MR) is 99.7 cm³/mol. The Hall–Kier alpha value is -2.45. The molecule has 6 nitrogen and oxygen atoms in total. The van der Waals surface area contributed by atoms with E-state index in [9.17, 15) is 13.2 Å². The van der Waals surface area contributed by atoms with Gasteiger partial charge in [-0.3, -0.25) is 15.6 Å². The zero-order valence-corrected chi connectivity index (χ0v) is 15.6. The molecule has 1 aromatic heterocycles. The van der Waals surface area contributed by atoms with Crippen LogP contribution in [0.4, 0.5) is 5.13 Å². The van der Waals surface area contributed by atoms with Crippen molar-refractivity contribution in [2.24, 2.45) is 0 Å². The number of hydrogen-bond donors (Lipinski definition) is 2. The van der Waals surface area contributed by atoms with E-state index in [0.29, 0.717) is 5.13 Å². The van der Waals surface area contributed by atoms with Crippen molar-refractivity contribution in [1.82, 2.24) is 10.4 Å². The number of thiazole rings is 1. The third kappa shape index (κ3) is 3.64. The molecule has 3 aromatic rings. The fourth-order valence-corrected chi connectivity index (χ4v) is 4.46. The summed E-state index contributed by atoms with van der Waals surface area (Å²) in [5, 5.41) is 0.536. The Morgan fingerprint density at radius 3 is 2.60 bits per heavy atom. The number of nitrogens with zero attached hydrogens (tertiary/aromatic N) is 1. The van der Waals surface area contributed by atoms with Gasteiger partial charge in [0.2, 0.25) is 5.13 Å². The lowest BCUT2D eigenvalue weighted by Crippen LogP contribution is -2.30. The minimum Gasteiger partial charge on any atom is -0.273 e. The molecule has 2 aromatic carbocycles. The van der Waals surface area contributed by atoms with E-state index in [4.69, 9.17) is 0 Å².